The summed E-state index contributed by atoms with van der Waals surface area (Å²) in [6.07, 6.45) is 3.67. The Kier molecular flexibility index (Phi) is 5.74. The lowest BCUT2D eigenvalue weighted by Gasteiger charge is -2.33. The molecule has 25 heavy (non-hydrogen) atoms. The van der Waals surface area contributed by atoms with Crippen molar-refractivity contribution in [1.29, 1.82) is 0 Å². The minimum atomic E-state index is -0.261. The number of hydrogen-bond acceptors (Lipinski definition) is 3. The molecule has 0 saturated carbocycles. The van der Waals surface area contributed by atoms with Crippen molar-refractivity contribution < 1.29 is 9.59 Å². The average molecular weight is 343 g/mol. The van der Waals surface area contributed by atoms with Crippen LogP contribution in [0.2, 0.25) is 0 Å². The first-order chi connectivity index (χ1) is 12.0. The van der Waals surface area contributed by atoms with E-state index < -0.39 is 0 Å². The van der Waals surface area contributed by atoms with Crippen LogP contribution in [-0.4, -0.2) is 53.3 Å². The molecule has 5 nitrogen and oxygen atoms in total. The highest BCUT2D eigenvalue weighted by Gasteiger charge is 2.33. The first-order valence-corrected chi connectivity index (χ1v) is 9.38. The summed E-state index contributed by atoms with van der Waals surface area (Å²) in [5, 5.41) is 3.18. The number of aryl methyl sites for hydroxylation is 1. The Morgan fingerprint density at radius 3 is 2.60 bits per heavy atom. The summed E-state index contributed by atoms with van der Waals surface area (Å²) in [5.74, 6) is 0.0375. The molecule has 1 atom stereocenters. The second-order valence-corrected chi connectivity index (χ2v) is 7.42. The second kappa shape index (κ2) is 8.00. The standard InChI is InChI=1S/C20H29N3O2/c1-15-5-3-6-17(13-15)14-22-11-8-18(9-12-22)21-20(25)19-7-4-10-23(19)16(2)24/h3,5-6,13,18-19H,4,7-12,14H2,1-2H3,(H,21,25)/t19-/m0/s1. The van der Waals surface area contributed by atoms with Crippen molar-refractivity contribution in [1.82, 2.24) is 15.1 Å². The molecule has 0 radical (unpaired) electrons. The molecule has 1 aromatic carbocycles. The van der Waals surface area contributed by atoms with E-state index in [1.807, 2.05) is 0 Å². The fourth-order valence-electron chi connectivity index (χ4n) is 4.02. The summed E-state index contributed by atoms with van der Waals surface area (Å²) in [6.45, 7) is 7.36. The molecule has 1 N–H and O–H groups in total. The van der Waals surface area contributed by atoms with E-state index in [2.05, 4.69) is 41.4 Å². The zero-order chi connectivity index (χ0) is 17.8. The number of carbonyl (C=O) groups is 2. The van der Waals surface area contributed by atoms with E-state index in [0.717, 1.165) is 45.3 Å². The highest BCUT2D eigenvalue weighted by atomic mass is 16.2. The van der Waals surface area contributed by atoms with Crippen molar-refractivity contribution in [3.8, 4) is 0 Å². The number of nitrogens with one attached hydrogen (secondary N) is 1. The molecule has 2 heterocycles. The summed E-state index contributed by atoms with van der Waals surface area (Å²) in [6, 6.07) is 8.62. The first-order valence-electron chi connectivity index (χ1n) is 9.38. The Hall–Kier alpha value is -1.88. The maximum atomic E-state index is 12.5. The number of likely N-dealkylation sites (tertiary alicyclic amines) is 2. The van der Waals surface area contributed by atoms with Gasteiger partial charge in [-0.25, -0.2) is 0 Å². The van der Waals surface area contributed by atoms with E-state index in [0.29, 0.717) is 6.54 Å². The van der Waals surface area contributed by atoms with Gasteiger partial charge < -0.3 is 10.2 Å². The van der Waals surface area contributed by atoms with E-state index in [1.54, 1.807) is 11.8 Å². The molecule has 2 amide bonds. The van der Waals surface area contributed by atoms with Gasteiger partial charge in [0.15, 0.2) is 0 Å². The predicted molar refractivity (Wildman–Crippen MR) is 98.0 cm³/mol. The van der Waals surface area contributed by atoms with Crippen LogP contribution in [-0.2, 0) is 16.1 Å². The molecule has 1 aromatic rings. The van der Waals surface area contributed by atoms with Crippen molar-refractivity contribution in [2.75, 3.05) is 19.6 Å². The van der Waals surface area contributed by atoms with Crippen LogP contribution in [0.3, 0.4) is 0 Å². The largest absolute Gasteiger partial charge is 0.351 e. The molecule has 136 valence electrons. The van der Waals surface area contributed by atoms with Gasteiger partial charge >= 0.3 is 0 Å². The lowest BCUT2D eigenvalue weighted by Crippen LogP contribution is -2.51. The maximum Gasteiger partial charge on any atom is 0.243 e. The van der Waals surface area contributed by atoms with Crippen LogP contribution >= 0.6 is 0 Å². The molecule has 5 heteroatoms. The normalized spacial score (nSPS) is 22.2. The Balaban J connectivity index is 1.46. The van der Waals surface area contributed by atoms with E-state index in [9.17, 15) is 9.59 Å². The van der Waals surface area contributed by atoms with Gasteiger partial charge in [-0.3, -0.25) is 14.5 Å². The smallest absolute Gasteiger partial charge is 0.243 e. The number of amides is 2. The average Bonchev–Trinajstić information content (AvgIpc) is 3.07. The van der Waals surface area contributed by atoms with Gasteiger partial charge in [0, 0.05) is 39.1 Å². The van der Waals surface area contributed by atoms with Crippen LogP contribution in [0, 0.1) is 6.92 Å². The van der Waals surface area contributed by atoms with Gasteiger partial charge in [-0.05, 0) is 38.2 Å². The predicted octanol–water partition coefficient (Wildman–Crippen LogP) is 2.09. The van der Waals surface area contributed by atoms with Crippen molar-refractivity contribution in [2.45, 2.75) is 58.2 Å². The van der Waals surface area contributed by atoms with Gasteiger partial charge in [0.25, 0.3) is 0 Å². The Bertz CT molecular complexity index is 623. The topological polar surface area (TPSA) is 52.7 Å². The van der Waals surface area contributed by atoms with Crippen LogP contribution in [0.5, 0.6) is 0 Å². The summed E-state index contributed by atoms with van der Waals surface area (Å²) in [7, 11) is 0. The van der Waals surface area contributed by atoms with Crippen LogP contribution in [0.1, 0.15) is 43.7 Å². The second-order valence-electron chi connectivity index (χ2n) is 7.42. The summed E-state index contributed by atoms with van der Waals surface area (Å²) in [5.41, 5.74) is 2.65. The minimum Gasteiger partial charge on any atom is -0.351 e. The fourth-order valence-corrected chi connectivity index (χ4v) is 4.02. The van der Waals surface area contributed by atoms with Crippen molar-refractivity contribution in [2.24, 2.45) is 0 Å². The molecular weight excluding hydrogens is 314 g/mol. The van der Waals surface area contributed by atoms with Gasteiger partial charge in [-0.1, -0.05) is 29.8 Å². The number of piperidine rings is 1. The van der Waals surface area contributed by atoms with E-state index in [1.165, 1.54) is 11.1 Å². The minimum absolute atomic E-state index is 0.00521. The Labute approximate surface area is 150 Å². The highest BCUT2D eigenvalue weighted by Crippen LogP contribution is 2.19. The molecule has 0 aliphatic carbocycles. The van der Waals surface area contributed by atoms with Gasteiger partial charge in [0.1, 0.15) is 6.04 Å². The third kappa shape index (κ3) is 4.60. The van der Waals surface area contributed by atoms with Crippen LogP contribution in [0.15, 0.2) is 24.3 Å². The van der Waals surface area contributed by atoms with Crippen LogP contribution in [0.25, 0.3) is 0 Å². The molecule has 2 fully saturated rings. The lowest BCUT2D eigenvalue weighted by atomic mass is 10.0. The molecule has 2 aliphatic heterocycles. The fraction of sp³-hybridized carbons (Fsp3) is 0.600. The van der Waals surface area contributed by atoms with Crippen LogP contribution in [0.4, 0.5) is 0 Å². The van der Waals surface area contributed by atoms with Gasteiger partial charge in [0.05, 0.1) is 0 Å². The van der Waals surface area contributed by atoms with E-state index in [-0.39, 0.29) is 23.9 Å². The molecule has 0 aromatic heterocycles. The SMILES string of the molecule is CC(=O)N1CCC[C@H]1C(=O)NC1CCN(Cc2cccc(C)c2)CC1. The lowest BCUT2D eigenvalue weighted by molar-refractivity contribution is -0.137. The van der Waals surface area contributed by atoms with Crippen molar-refractivity contribution in [3.63, 3.8) is 0 Å². The molecule has 0 spiro atoms. The number of rotatable bonds is 4. The first kappa shape index (κ1) is 17.9. The summed E-state index contributed by atoms with van der Waals surface area (Å²) < 4.78 is 0. The molecule has 2 aliphatic rings. The number of hydrogen-bond donors (Lipinski definition) is 1. The van der Waals surface area contributed by atoms with Crippen LogP contribution < -0.4 is 5.32 Å². The number of nitrogens with zero attached hydrogens (tertiary/aromatic N) is 2. The number of benzene rings is 1. The zero-order valence-corrected chi connectivity index (χ0v) is 15.3. The van der Waals surface area contributed by atoms with Crippen molar-refractivity contribution >= 4 is 11.8 Å². The molecule has 0 bridgehead atoms. The van der Waals surface area contributed by atoms with Gasteiger partial charge in [0.2, 0.25) is 11.8 Å². The van der Waals surface area contributed by atoms with Gasteiger partial charge in [-0.15, -0.1) is 0 Å². The zero-order valence-electron chi connectivity index (χ0n) is 15.3. The molecular formula is C20H29N3O2. The monoisotopic (exact) mass is 343 g/mol. The van der Waals surface area contributed by atoms with E-state index >= 15 is 0 Å². The van der Waals surface area contributed by atoms with Gasteiger partial charge in [-0.2, -0.15) is 0 Å². The Morgan fingerprint density at radius 2 is 1.92 bits per heavy atom. The molecule has 0 unspecified atom stereocenters. The third-order valence-corrected chi connectivity index (χ3v) is 5.38. The molecule has 2 saturated heterocycles. The van der Waals surface area contributed by atoms with E-state index in [4.69, 9.17) is 0 Å². The third-order valence-electron chi connectivity index (χ3n) is 5.38. The number of carbonyl (C=O) groups excluding carboxylic acids is 2. The maximum absolute atomic E-state index is 12.5. The van der Waals surface area contributed by atoms with Crippen molar-refractivity contribution in [3.05, 3.63) is 35.4 Å². The summed E-state index contributed by atoms with van der Waals surface area (Å²) in [4.78, 5) is 28.3. The quantitative estimate of drug-likeness (QED) is 0.911. The Morgan fingerprint density at radius 1 is 1.16 bits per heavy atom. The highest BCUT2D eigenvalue weighted by molar-refractivity contribution is 5.87. The summed E-state index contributed by atoms with van der Waals surface area (Å²) >= 11 is 0. The molecule has 3 rings (SSSR count).